The van der Waals surface area contributed by atoms with Crippen molar-refractivity contribution < 1.29 is 14.3 Å². The van der Waals surface area contributed by atoms with Gasteiger partial charge < -0.3 is 0 Å². The molecule has 124 valence electrons. The van der Waals surface area contributed by atoms with Crippen molar-refractivity contribution in [2.75, 3.05) is 12.9 Å². The molecule has 0 aliphatic heterocycles. The van der Waals surface area contributed by atoms with E-state index in [4.69, 9.17) is 4.33 Å². The van der Waals surface area contributed by atoms with Crippen molar-refractivity contribution in [3.05, 3.63) is 11.6 Å². The van der Waals surface area contributed by atoms with E-state index in [0.717, 1.165) is 23.5 Å². The van der Waals surface area contributed by atoms with Gasteiger partial charge in [0.25, 0.3) is 0 Å². The monoisotopic (exact) mass is 316 g/mol. The highest BCUT2D eigenvalue weighted by Crippen LogP contribution is 2.46. The predicted octanol–water partition coefficient (Wildman–Crippen LogP) is 5.29. The Morgan fingerprint density at radius 2 is 1.76 bits per heavy atom. The fraction of sp³-hybridized carbons (Fsp3) is 0.882. The van der Waals surface area contributed by atoms with E-state index in [2.05, 4.69) is 57.5 Å². The largest absolute Gasteiger partial charge is 0.209 e. The number of hydrogen-bond acceptors (Lipinski definition) is 4. The first-order valence-electron chi connectivity index (χ1n) is 8.08. The summed E-state index contributed by atoms with van der Waals surface area (Å²) in [6, 6.07) is 0. The molecule has 0 heterocycles. The van der Waals surface area contributed by atoms with Gasteiger partial charge in [-0.15, -0.1) is 4.33 Å². The highest BCUT2D eigenvalue weighted by molar-refractivity contribution is 7.94. The van der Waals surface area contributed by atoms with Crippen molar-refractivity contribution >= 4 is 12.0 Å². The third kappa shape index (κ3) is 5.27. The molecule has 0 saturated heterocycles. The van der Waals surface area contributed by atoms with E-state index in [1.54, 1.807) is 0 Å². The molecule has 21 heavy (non-hydrogen) atoms. The topological polar surface area (TPSA) is 27.7 Å². The summed E-state index contributed by atoms with van der Waals surface area (Å²) in [6.07, 6.45) is 3.63. The fourth-order valence-corrected chi connectivity index (χ4v) is 4.48. The second-order valence-corrected chi connectivity index (χ2v) is 7.74. The van der Waals surface area contributed by atoms with Crippen molar-refractivity contribution in [3.63, 3.8) is 0 Å². The number of hydrogen-bond donors (Lipinski definition) is 0. The lowest BCUT2D eigenvalue weighted by Gasteiger charge is -2.44. The molecule has 4 heteroatoms. The number of rotatable bonds is 8. The lowest BCUT2D eigenvalue weighted by molar-refractivity contribution is -0.447. The summed E-state index contributed by atoms with van der Waals surface area (Å²) in [5.41, 5.74) is 1.50. The molecule has 0 aromatic carbocycles. The molecule has 0 aromatic rings. The second kappa shape index (κ2) is 9.19. The van der Waals surface area contributed by atoms with Crippen LogP contribution in [0.3, 0.4) is 0 Å². The molecule has 0 amide bonds. The minimum Gasteiger partial charge on any atom is -0.209 e. The van der Waals surface area contributed by atoms with Gasteiger partial charge in [0.1, 0.15) is 0 Å². The van der Waals surface area contributed by atoms with Gasteiger partial charge in [-0.2, -0.15) is 0 Å². The van der Waals surface area contributed by atoms with Gasteiger partial charge in [0.05, 0.1) is 7.11 Å². The van der Waals surface area contributed by atoms with Crippen LogP contribution in [0.15, 0.2) is 11.6 Å². The molecular formula is C17H32O3S. The van der Waals surface area contributed by atoms with Gasteiger partial charge >= 0.3 is 0 Å². The maximum atomic E-state index is 4.94. The lowest BCUT2D eigenvalue weighted by atomic mass is 9.61. The Morgan fingerprint density at radius 1 is 1.10 bits per heavy atom. The van der Waals surface area contributed by atoms with Crippen molar-refractivity contribution in [2.45, 2.75) is 48.0 Å². The van der Waals surface area contributed by atoms with Crippen LogP contribution in [0.2, 0.25) is 0 Å². The van der Waals surface area contributed by atoms with Gasteiger partial charge in [0.15, 0.2) is 0 Å². The van der Waals surface area contributed by atoms with Gasteiger partial charge in [-0.05, 0) is 41.9 Å². The maximum absolute atomic E-state index is 4.94. The van der Waals surface area contributed by atoms with E-state index >= 15 is 0 Å². The van der Waals surface area contributed by atoms with Crippen molar-refractivity contribution in [1.29, 1.82) is 0 Å². The first kappa shape index (κ1) is 19.0. The molecule has 0 saturated carbocycles. The lowest BCUT2D eigenvalue weighted by Crippen LogP contribution is -2.38. The minimum absolute atomic E-state index is 0.629. The van der Waals surface area contributed by atoms with E-state index < -0.39 is 0 Å². The maximum Gasteiger partial charge on any atom is 0.0744 e. The summed E-state index contributed by atoms with van der Waals surface area (Å²) < 4.78 is 4.94. The summed E-state index contributed by atoms with van der Waals surface area (Å²) in [4.78, 5) is 4.45. The molecular weight excluding hydrogens is 284 g/mol. The Bertz CT molecular complexity index is 326. The number of allylic oxidation sites excluding steroid dienone is 1. The van der Waals surface area contributed by atoms with E-state index in [0.29, 0.717) is 17.8 Å². The second-order valence-electron chi connectivity index (χ2n) is 7.08. The smallest absolute Gasteiger partial charge is 0.0744 e. The van der Waals surface area contributed by atoms with E-state index in [9.17, 15) is 0 Å². The molecule has 1 aliphatic carbocycles. The van der Waals surface area contributed by atoms with Crippen LogP contribution in [-0.2, 0) is 14.3 Å². The van der Waals surface area contributed by atoms with Crippen molar-refractivity contribution in [3.8, 4) is 0 Å². The third-order valence-electron chi connectivity index (χ3n) is 4.70. The summed E-state index contributed by atoms with van der Waals surface area (Å²) in [7, 11) is 1.44. The quantitative estimate of drug-likeness (QED) is 0.200. The van der Waals surface area contributed by atoms with Crippen LogP contribution in [0.4, 0.5) is 0 Å². The average molecular weight is 317 g/mol. The summed E-state index contributed by atoms with van der Waals surface area (Å²) in [5.74, 6) is 5.09. The van der Waals surface area contributed by atoms with E-state index in [-0.39, 0.29) is 0 Å². The highest BCUT2D eigenvalue weighted by Gasteiger charge is 2.39. The minimum atomic E-state index is 0.629. The van der Waals surface area contributed by atoms with Crippen LogP contribution in [0.25, 0.3) is 0 Å². The standard InChI is InChI=1S/C17H32O3S/c1-11(2)15-9-8-14(10-21-20-19-18-7)16(12(3)4)17(15)13(5)6/h8,11-13,15-17H,9-10H2,1-7H3/t15-,16?,17?/m1/s1. The average Bonchev–Trinajstić information content (AvgIpc) is 2.42. The van der Waals surface area contributed by atoms with Crippen LogP contribution >= 0.6 is 12.0 Å². The zero-order chi connectivity index (χ0) is 16.0. The van der Waals surface area contributed by atoms with Crippen molar-refractivity contribution in [2.24, 2.45) is 35.5 Å². The highest BCUT2D eigenvalue weighted by atomic mass is 32.2. The summed E-state index contributed by atoms with van der Waals surface area (Å²) in [5, 5.41) is 4.49. The van der Waals surface area contributed by atoms with Crippen LogP contribution in [-0.4, -0.2) is 12.9 Å². The molecule has 1 rings (SSSR count). The molecule has 0 bridgehead atoms. The Kier molecular flexibility index (Phi) is 8.32. The molecule has 1 aliphatic rings. The van der Waals surface area contributed by atoms with E-state index in [1.165, 1.54) is 31.1 Å². The predicted molar refractivity (Wildman–Crippen MR) is 89.3 cm³/mol. The Hall–Kier alpha value is -0.0300. The molecule has 0 aromatic heterocycles. The van der Waals surface area contributed by atoms with Crippen LogP contribution in [0.5, 0.6) is 0 Å². The normalized spacial score (nSPS) is 26.8. The molecule has 3 atom stereocenters. The van der Waals surface area contributed by atoms with Crippen LogP contribution in [0.1, 0.15) is 48.0 Å². The Balaban J connectivity index is 2.86. The Morgan fingerprint density at radius 3 is 2.24 bits per heavy atom. The first-order chi connectivity index (χ1) is 9.90. The Labute approximate surface area is 134 Å². The SMILES string of the molecule is COOOSCC1=CC[C@H](C(C)C)C(C(C)C)C1C(C)C. The molecule has 0 fully saturated rings. The van der Waals surface area contributed by atoms with Crippen LogP contribution < -0.4 is 0 Å². The molecule has 0 radical (unpaired) electrons. The van der Waals surface area contributed by atoms with Gasteiger partial charge in [0.2, 0.25) is 0 Å². The first-order valence-corrected chi connectivity index (χ1v) is 8.99. The van der Waals surface area contributed by atoms with Crippen LogP contribution in [0, 0.1) is 35.5 Å². The summed E-state index contributed by atoms with van der Waals surface area (Å²) >= 11 is 1.31. The molecule has 3 nitrogen and oxygen atoms in total. The zero-order valence-corrected chi connectivity index (χ0v) is 15.4. The zero-order valence-electron chi connectivity index (χ0n) is 14.6. The van der Waals surface area contributed by atoms with Gasteiger partial charge in [-0.3, -0.25) is 0 Å². The van der Waals surface area contributed by atoms with Gasteiger partial charge in [-0.25, -0.2) is 4.89 Å². The summed E-state index contributed by atoms with van der Waals surface area (Å²) in [6.45, 7) is 14.1. The van der Waals surface area contributed by atoms with E-state index in [1.807, 2.05) is 0 Å². The molecule has 0 spiro atoms. The fourth-order valence-electron chi connectivity index (χ4n) is 3.89. The van der Waals surface area contributed by atoms with Gasteiger partial charge in [-0.1, -0.05) is 58.2 Å². The van der Waals surface area contributed by atoms with Gasteiger partial charge in [0, 0.05) is 17.8 Å². The third-order valence-corrected chi connectivity index (χ3v) is 5.31. The molecule has 0 N–H and O–H groups in total. The van der Waals surface area contributed by atoms with Crippen molar-refractivity contribution in [1.82, 2.24) is 0 Å². The molecule has 2 unspecified atom stereocenters.